The van der Waals surface area contributed by atoms with Crippen LogP contribution in [-0.2, 0) is 7.05 Å². The summed E-state index contributed by atoms with van der Waals surface area (Å²) in [6.45, 7) is 1.75. The summed E-state index contributed by atoms with van der Waals surface area (Å²) in [5.41, 5.74) is 2.36. The Morgan fingerprint density at radius 1 is 1.03 bits per heavy atom. The third-order valence-electron chi connectivity index (χ3n) is 5.40. The Balaban J connectivity index is 1.27. The van der Waals surface area contributed by atoms with Gasteiger partial charge in [0.15, 0.2) is 5.82 Å². The minimum atomic E-state index is -0.306. The van der Waals surface area contributed by atoms with E-state index in [4.69, 9.17) is 0 Å². The molecule has 0 aliphatic carbocycles. The average molecular weight is 405 g/mol. The number of aromatic nitrogens is 8. The summed E-state index contributed by atoms with van der Waals surface area (Å²) in [5, 5.41) is 11.7. The average Bonchev–Trinajstić information content (AvgIpc) is 3.43. The molecule has 4 heterocycles. The monoisotopic (exact) mass is 405 g/mol. The highest BCUT2D eigenvalue weighted by Gasteiger charge is 2.25. The van der Waals surface area contributed by atoms with Gasteiger partial charge in [-0.2, -0.15) is 0 Å². The number of H-pyrrole nitrogens is 1. The molecule has 0 bridgehead atoms. The summed E-state index contributed by atoms with van der Waals surface area (Å²) in [6.07, 6.45) is 7.21. The van der Waals surface area contributed by atoms with Gasteiger partial charge in [0, 0.05) is 49.6 Å². The van der Waals surface area contributed by atoms with Crippen molar-refractivity contribution in [3.05, 3.63) is 54.5 Å². The van der Waals surface area contributed by atoms with Gasteiger partial charge in [-0.3, -0.25) is 0 Å². The summed E-state index contributed by atoms with van der Waals surface area (Å²) in [6, 6.07) is 6.26. The fourth-order valence-electron chi connectivity index (χ4n) is 3.78. The van der Waals surface area contributed by atoms with Crippen LogP contribution in [0.2, 0.25) is 0 Å². The first-order valence-electron chi connectivity index (χ1n) is 9.78. The molecule has 1 fully saturated rings. The summed E-state index contributed by atoms with van der Waals surface area (Å²) in [7, 11) is 1.85. The quantitative estimate of drug-likeness (QED) is 0.557. The molecule has 30 heavy (non-hydrogen) atoms. The molecule has 1 aliphatic heterocycles. The van der Waals surface area contributed by atoms with Crippen LogP contribution < -0.4 is 4.90 Å². The topological polar surface area (TPSA) is 101 Å². The number of benzene rings is 1. The molecule has 0 unspecified atom stereocenters. The van der Waals surface area contributed by atoms with E-state index in [0.29, 0.717) is 17.3 Å². The maximum absolute atomic E-state index is 13.4. The van der Waals surface area contributed by atoms with Gasteiger partial charge < -0.3 is 9.88 Å². The third-order valence-corrected chi connectivity index (χ3v) is 5.40. The predicted octanol–water partition coefficient (Wildman–Crippen LogP) is 2.58. The molecule has 1 aromatic carbocycles. The zero-order valence-corrected chi connectivity index (χ0v) is 16.4. The Labute approximate surface area is 172 Å². The molecule has 152 valence electrons. The van der Waals surface area contributed by atoms with E-state index in [-0.39, 0.29) is 5.82 Å². The fraction of sp³-hybridized carbons (Fsp3) is 0.300. The van der Waals surface area contributed by atoms with Gasteiger partial charge in [0.2, 0.25) is 5.95 Å². The van der Waals surface area contributed by atoms with Gasteiger partial charge in [0.25, 0.3) is 0 Å². The standard InChI is InChI=1S/C20H20FN9/c1-29-20(26-27-28-29)30-7-5-13(6-8-30)19-24-12-17(25-19)15-10-22-18(23-11-15)14-3-2-4-16(21)9-14/h2-4,9-13H,5-8H2,1H3,(H,24,25). The fourth-order valence-corrected chi connectivity index (χ4v) is 3.78. The number of halogens is 1. The molecule has 0 spiro atoms. The first kappa shape index (κ1) is 18.3. The van der Waals surface area contributed by atoms with Crippen molar-refractivity contribution in [1.29, 1.82) is 0 Å². The van der Waals surface area contributed by atoms with Gasteiger partial charge >= 0.3 is 0 Å². The Bertz CT molecular complexity index is 1140. The number of hydrogen-bond acceptors (Lipinski definition) is 7. The molecular weight excluding hydrogens is 385 g/mol. The summed E-state index contributed by atoms with van der Waals surface area (Å²) in [5.74, 6) is 2.30. The van der Waals surface area contributed by atoms with E-state index in [2.05, 4.69) is 40.4 Å². The molecule has 9 nitrogen and oxygen atoms in total. The number of piperidine rings is 1. The van der Waals surface area contributed by atoms with Crippen LogP contribution in [0.4, 0.5) is 10.3 Å². The number of imidazole rings is 1. The Morgan fingerprint density at radius 3 is 2.53 bits per heavy atom. The third kappa shape index (κ3) is 3.51. The van der Waals surface area contributed by atoms with E-state index in [1.807, 2.05) is 13.2 Å². The molecule has 0 radical (unpaired) electrons. The lowest BCUT2D eigenvalue weighted by atomic mass is 9.96. The van der Waals surface area contributed by atoms with Gasteiger partial charge in [0.05, 0.1) is 11.9 Å². The van der Waals surface area contributed by atoms with Gasteiger partial charge in [0.1, 0.15) is 11.6 Å². The van der Waals surface area contributed by atoms with Crippen LogP contribution in [0, 0.1) is 5.82 Å². The molecule has 0 amide bonds. The van der Waals surface area contributed by atoms with Gasteiger partial charge in [-0.05, 0) is 35.4 Å². The number of anilines is 1. The van der Waals surface area contributed by atoms with Crippen molar-refractivity contribution < 1.29 is 4.39 Å². The van der Waals surface area contributed by atoms with Crippen molar-refractivity contribution in [3.8, 4) is 22.6 Å². The number of tetrazole rings is 1. The second-order valence-electron chi connectivity index (χ2n) is 7.35. The lowest BCUT2D eigenvalue weighted by Crippen LogP contribution is -2.35. The number of aryl methyl sites for hydroxylation is 1. The molecule has 0 saturated carbocycles. The lowest BCUT2D eigenvalue weighted by Gasteiger charge is -2.30. The second-order valence-corrected chi connectivity index (χ2v) is 7.35. The second kappa shape index (κ2) is 7.62. The van der Waals surface area contributed by atoms with Gasteiger partial charge in [-0.15, -0.1) is 0 Å². The van der Waals surface area contributed by atoms with Crippen molar-refractivity contribution in [2.75, 3.05) is 18.0 Å². The Hall–Kier alpha value is -3.69. The minimum absolute atomic E-state index is 0.306. The zero-order valence-electron chi connectivity index (χ0n) is 16.4. The summed E-state index contributed by atoms with van der Waals surface area (Å²) in [4.78, 5) is 19.0. The predicted molar refractivity (Wildman–Crippen MR) is 108 cm³/mol. The zero-order chi connectivity index (χ0) is 20.5. The largest absolute Gasteiger partial charge is 0.342 e. The summed E-state index contributed by atoms with van der Waals surface area (Å²) >= 11 is 0. The first-order chi connectivity index (χ1) is 14.7. The van der Waals surface area contributed by atoms with Crippen LogP contribution in [-0.4, -0.2) is 53.2 Å². The first-order valence-corrected chi connectivity index (χ1v) is 9.78. The van der Waals surface area contributed by atoms with Crippen molar-refractivity contribution in [2.24, 2.45) is 7.05 Å². The van der Waals surface area contributed by atoms with Crippen molar-refractivity contribution in [2.45, 2.75) is 18.8 Å². The Kier molecular flexibility index (Phi) is 4.66. The van der Waals surface area contributed by atoms with E-state index in [0.717, 1.165) is 49.0 Å². The van der Waals surface area contributed by atoms with E-state index < -0.39 is 0 Å². The van der Waals surface area contributed by atoms with Crippen LogP contribution in [0.15, 0.2) is 42.9 Å². The maximum atomic E-state index is 13.4. The number of hydrogen-bond donors (Lipinski definition) is 1. The number of rotatable bonds is 4. The van der Waals surface area contributed by atoms with Crippen LogP contribution >= 0.6 is 0 Å². The van der Waals surface area contributed by atoms with E-state index >= 15 is 0 Å². The maximum Gasteiger partial charge on any atom is 0.245 e. The number of nitrogens with zero attached hydrogens (tertiary/aromatic N) is 8. The van der Waals surface area contributed by atoms with Crippen molar-refractivity contribution in [3.63, 3.8) is 0 Å². The minimum Gasteiger partial charge on any atom is -0.342 e. The molecule has 1 aliphatic rings. The lowest BCUT2D eigenvalue weighted by molar-refractivity contribution is 0.479. The van der Waals surface area contributed by atoms with E-state index in [9.17, 15) is 4.39 Å². The SMILES string of the molecule is Cn1nnnc1N1CCC(c2ncc(-c3cnc(-c4cccc(F)c4)nc3)[nH]2)CC1. The van der Waals surface area contributed by atoms with E-state index in [1.54, 1.807) is 29.2 Å². The van der Waals surface area contributed by atoms with E-state index in [1.165, 1.54) is 12.1 Å². The number of aromatic amines is 1. The van der Waals surface area contributed by atoms with Crippen molar-refractivity contribution >= 4 is 5.95 Å². The van der Waals surface area contributed by atoms with Crippen LogP contribution in [0.25, 0.3) is 22.6 Å². The van der Waals surface area contributed by atoms with Crippen molar-refractivity contribution in [1.82, 2.24) is 40.1 Å². The number of nitrogens with one attached hydrogen (secondary N) is 1. The highest BCUT2D eigenvalue weighted by Crippen LogP contribution is 2.29. The molecular formula is C20H20FN9. The van der Waals surface area contributed by atoms with Gasteiger partial charge in [-0.25, -0.2) is 24.0 Å². The van der Waals surface area contributed by atoms with Crippen LogP contribution in [0.5, 0.6) is 0 Å². The summed E-state index contributed by atoms with van der Waals surface area (Å²) < 4.78 is 15.1. The highest BCUT2D eigenvalue weighted by atomic mass is 19.1. The molecule has 10 heteroatoms. The smallest absolute Gasteiger partial charge is 0.245 e. The molecule has 1 saturated heterocycles. The Morgan fingerprint density at radius 2 is 1.83 bits per heavy atom. The molecule has 5 rings (SSSR count). The normalized spacial score (nSPS) is 14.9. The van der Waals surface area contributed by atoms with Crippen LogP contribution in [0.3, 0.4) is 0 Å². The molecule has 0 atom stereocenters. The molecule has 1 N–H and O–H groups in total. The van der Waals surface area contributed by atoms with Gasteiger partial charge in [-0.1, -0.05) is 17.2 Å². The molecule has 4 aromatic rings. The molecule has 3 aromatic heterocycles. The van der Waals surface area contributed by atoms with Crippen LogP contribution in [0.1, 0.15) is 24.6 Å². The highest BCUT2D eigenvalue weighted by molar-refractivity contribution is 5.60.